The summed E-state index contributed by atoms with van der Waals surface area (Å²) in [6, 6.07) is 0. The van der Waals surface area contributed by atoms with Crippen LogP contribution >= 0.6 is 0 Å². The molecular weight excluding hydrogens is 258 g/mol. The van der Waals surface area contributed by atoms with Crippen LogP contribution in [0.1, 0.15) is 39.5 Å². The molecule has 0 bridgehead atoms. The van der Waals surface area contributed by atoms with Crippen LogP contribution in [-0.4, -0.2) is 61.5 Å². The summed E-state index contributed by atoms with van der Waals surface area (Å²) in [5.41, 5.74) is 0. The highest BCUT2D eigenvalue weighted by molar-refractivity contribution is 5.72. The molecule has 1 aliphatic heterocycles. The molecule has 0 aromatic carbocycles. The second kappa shape index (κ2) is 10.1. The van der Waals surface area contributed by atoms with Gasteiger partial charge in [-0.15, -0.1) is 0 Å². The molecule has 1 N–H and O–H groups in total. The van der Waals surface area contributed by atoms with Crippen molar-refractivity contribution in [2.24, 2.45) is 5.92 Å². The molecule has 0 saturated carbocycles. The van der Waals surface area contributed by atoms with Gasteiger partial charge < -0.3 is 14.6 Å². The number of likely N-dealkylation sites (tertiary alicyclic amines) is 1. The number of piperidine rings is 1. The Kier molecular flexibility index (Phi) is 8.82. The van der Waals surface area contributed by atoms with Crippen molar-refractivity contribution in [2.45, 2.75) is 45.6 Å². The van der Waals surface area contributed by atoms with Crippen molar-refractivity contribution in [2.75, 3.05) is 39.5 Å². The van der Waals surface area contributed by atoms with Crippen LogP contribution in [0.3, 0.4) is 0 Å². The van der Waals surface area contributed by atoms with Gasteiger partial charge in [0.05, 0.1) is 25.2 Å². The van der Waals surface area contributed by atoms with E-state index in [4.69, 9.17) is 9.47 Å². The van der Waals surface area contributed by atoms with E-state index in [1.807, 2.05) is 6.92 Å². The van der Waals surface area contributed by atoms with E-state index in [2.05, 4.69) is 11.8 Å². The van der Waals surface area contributed by atoms with Crippen LogP contribution in [-0.2, 0) is 14.3 Å². The van der Waals surface area contributed by atoms with Gasteiger partial charge in [0.1, 0.15) is 0 Å². The van der Waals surface area contributed by atoms with E-state index in [0.717, 1.165) is 32.2 Å². The van der Waals surface area contributed by atoms with Gasteiger partial charge in [-0.2, -0.15) is 0 Å². The topological polar surface area (TPSA) is 59.0 Å². The summed E-state index contributed by atoms with van der Waals surface area (Å²) in [7, 11) is 0. The van der Waals surface area contributed by atoms with Crippen LogP contribution in [0.2, 0.25) is 0 Å². The van der Waals surface area contributed by atoms with Gasteiger partial charge in [0.25, 0.3) is 0 Å². The first-order valence-corrected chi connectivity index (χ1v) is 7.82. The SMILES string of the molecule is CCCCOCC(O)CN1CCC[C@H](C(=O)OCC)C1. The van der Waals surface area contributed by atoms with Gasteiger partial charge in [0.15, 0.2) is 0 Å². The van der Waals surface area contributed by atoms with Crippen LogP contribution in [0.4, 0.5) is 0 Å². The molecule has 118 valence electrons. The first-order chi connectivity index (χ1) is 9.67. The van der Waals surface area contributed by atoms with Crippen molar-refractivity contribution < 1.29 is 19.4 Å². The number of unbranched alkanes of at least 4 members (excludes halogenated alkanes) is 1. The maximum atomic E-state index is 11.7. The van der Waals surface area contributed by atoms with Crippen LogP contribution in [0.5, 0.6) is 0 Å². The van der Waals surface area contributed by atoms with Gasteiger partial charge in [0.2, 0.25) is 0 Å². The number of aliphatic hydroxyl groups is 1. The van der Waals surface area contributed by atoms with E-state index in [9.17, 15) is 9.90 Å². The quantitative estimate of drug-likeness (QED) is 0.513. The summed E-state index contributed by atoms with van der Waals surface area (Å²) >= 11 is 0. The molecule has 5 nitrogen and oxygen atoms in total. The fourth-order valence-corrected chi connectivity index (χ4v) is 2.49. The van der Waals surface area contributed by atoms with Crippen molar-refractivity contribution in [3.63, 3.8) is 0 Å². The number of esters is 1. The molecule has 0 aromatic rings. The molecule has 1 saturated heterocycles. The second-order valence-electron chi connectivity index (χ2n) is 5.43. The highest BCUT2D eigenvalue weighted by Crippen LogP contribution is 2.18. The summed E-state index contributed by atoms with van der Waals surface area (Å²) in [4.78, 5) is 13.9. The number of ether oxygens (including phenoxy) is 2. The molecule has 1 aliphatic rings. The highest BCUT2D eigenvalue weighted by atomic mass is 16.5. The van der Waals surface area contributed by atoms with E-state index in [1.165, 1.54) is 0 Å². The molecule has 1 heterocycles. The standard InChI is InChI=1S/C15H29NO4/c1-3-5-9-19-12-14(17)11-16-8-6-7-13(10-16)15(18)20-4-2/h13-14,17H,3-12H2,1-2H3/t13-,14?/m0/s1. The van der Waals surface area contributed by atoms with Gasteiger partial charge in [-0.3, -0.25) is 9.69 Å². The Balaban J connectivity index is 2.23. The summed E-state index contributed by atoms with van der Waals surface area (Å²) in [5, 5.41) is 9.95. The van der Waals surface area contributed by atoms with E-state index >= 15 is 0 Å². The van der Waals surface area contributed by atoms with Crippen LogP contribution in [0.15, 0.2) is 0 Å². The minimum absolute atomic E-state index is 0.0445. The zero-order chi connectivity index (χ0) is 14.8. The molecular formula is C15H29NO4. The maximum Gasteiger partial charge on any atom is 0.310 e. The minimum Gasteiger partial charge on any atom is -0.466 e. The number of carbonyl (C=O) groups excluding carboxylic acids is 1. The first kappa shape index (κ1) is 17.4. The Morgan fingerprint density at radius 1 is 1.45 bits per heavy atom. The molecule has 0 amide bonds. The van der Waals surface area contributed by atoms with Gasteiger partial charge in [-0.25, -0.2) is 0 Å². The Morgan fingerprint density at radius 2 is 2.25 bits per heavy atom. The minimum atomic E-state index is -0.479. The molecule has 1 fully saturated rings. The maximum absolute atomic E-state index is 11.7. The number of hydrogen-bond donors (Lipinski definition) is 1. The largest absolute Gasteiger partial charge is 0.466 e. The number of aliphatic hydroxyl groups excluding tert-OH is 1. The van der Waals surface area contributed by atoms with E-state index in [1.54, 1.807) is 0 Å². The summed E-state index contributed by atoms with van der Waals surface area (Å²) in [5.74, 6) is -0.150. The number of β-amino-alcohol motifs (C(OH)–C–C–N with tert-alkyl or cyclic N) is 1. The number of rotatable bonds is 9. The van der Waals surface area contributed by atoms with Crippen LogP contribution in [0, 0.1) is 5.92 Å². The summed E-state index contributed by atoms with van der Waals surface area (Å²) < 4.78 is 10.5. The fourth-order valence-electron chi connectivity index (χ4n) is 2.49. The Bertz CT molecular complexity index is 273. The van der Waals surface area contributed by atoms with Crippen molar-refractivity contribution in [1.82, 2.24) is 4.90 Å². The number of nitrogens with zero attached hydrogens (tertiary/aromatic N) is 1. The van der Waals surface area contributed by atoms with Crippen molar-refractivity contribution in [3.8, 4) is 0 Å². The Morgan fingerprint density at radius 3 is 2.95 bits per heavy atom. The summed E-state index contributed by atoms with van der Waals surface area (Å²) in [6.45, 7) is 7.65. The van der Waals surface area contributed by atoms with E-state index < -0.39 is 6.10 Å². The zero-order valence-electron chi connectivity index (χ0n) is 12.8. The van der Waals surface area contributed by atoms with Crippen LogP contribution in [0.25, 0.3) is 0 Å². The van der Waals surface area contributed by atoms with Crippen molar-refractivity contribution in [1.29, 1.82) is 0 Å². The fraction of sp³-hybridized carbons (Fsp3) is 0.933. The van der Waals surface area contributed by atoms with Gasteiger partial charge in [-0.05, 0) is 32.7 Å². The molecule has 0 radical (unpaired) electrons. The average molecular weight is 287 g/mol. The van der Waals surface area contributed by atoms with Crippen molar-refractivity contribution in [3.05, 3.63) is 0 Å². The molecule has 2 atom stereocenters. The molecule has 0 aromatic heterocycles. The van der Waals surface area contributed by atoms with Crippen LogP contribution < -0.4 is 0 Å². The molecule has 5 heteroatoms. The molecule has 20 heavy (non-hydrogen) atoms. The predicted molar refractivity (Wildman–Crippen MR) is 77.5 cm³/mol. The second-order valence-corrected chi connectivity index (χ2v) is 5.43. The van der Waals surface area contributed by atoms with Crippen molar-refractivity contribution >= 4 is 5.97 Å². The molecule has 1 unspecified atom stereocenters. The lowest BCUT2D eigenvalue weighted by atomic mass is 9.98. The lowest BCUT2D eigenvalue weighted by Gasteiger charge is -2.32. The Hall–Kier alpha value is -0.650. The van der Waals surface area contributed by atoms with Gasteiger partial charge in [0, 0.05) is 19.7 Å². The highest BCUT2D eigenvalue weighted by Gasteiger charge is 2.27. The van der Waals surface area contributed by atoms with E-state index in [0.29, 0.717) is 32.9 Å². The lowest BCUT2D eigenvalue weighted by Crippen LogP contribution is -2.43. The smallest absolute Gasteiger partial charge is 0.310 e. The third-order valence-corrected chi connectivity index (χ3v) is 3.55. The third-order valence-electron chi connectivity index (χ3n) is 3.55. The molecule has 1 rings (SSSR count). The lowest BCUT2D eigenvalue weighted by molar-refractivity contribution is -0.150. The molecule has 0 aliphatic carbocycles. The third kappa shape index (κ3) is 6.68. The van der Waals surface area contributed by atoms with Gasteiger partial charge in [-0.1, -0.05) is 13.3 Å². The normalized spacial score (nSPS) is 21.6. The monoisotopic (exact) mass is 287 g/mol. The first-order valence-electron chi connectivity index (χ1n) is 7.82. The summed E-state index contributed by atoms with van der Waals surface area (Å²) in [6.07, 6.45) is 3.52. The predicted octanol–water partition coefficient (Wildman–Crippen LogP) is 1.44. The van der Waals surface area contributed by atoms with Gasteiger partial charge >= 0.3 is 5.97 Å². The zero-order valence-corrected chi connectivity index (χ0v) is 12.8. The Labute approximate surface area is 122 Å². The molecule has 0 spiro atoms. The average Bonchev–Trinajstić information content (AvgIpc) is 2.44. The number of carbonyl (C=O) groups is 1. The van der Waals surface area contributed by atoms with E-state index in [-0.39, 0.29) is 11.9 Å². The number of hydrogen-bond acceptors (Lipinski definition) is 5.